The summed E-state index contributed by atoms with van der Waals surface area (Å²) >= 11 is 0. The van der Waals surface area contributed by atoms with Crippen molar-refractivity contribution in [3.05, 3.63) is 59.9 Å². The van der Waals surface area contributed by atoms with Crippen LogP contribution in [0.15, 0.2) is 53.4 Å². The van der Waals surface area contributed by atoms with Crippen molar-refractivity contribution in [3.8, 4) is 0 Å². The Morgan fingerprint density at radius 2 is 1.78 bits per heavy atom. The maximum Gasteiger partial charge on any atom is 0.321 e. The van der Waals surface area contributed by atoms with Gasteiger partial charge in [-0.1, -0.05) is 18.2 Å². The number of hydrogen-bond donors (Lipinski definition) is 2. The third-order valence-electron chi connectivity index (χ3n) is 3.15. The number of halogens is 1. The van der Waals surface area contributed by atoms with E-state index < -0.39 is 16.1 Å². The molecule has 0 bridgehead atoms. The van der Waals surface area contributed by atoms with Crippen LogP contribution >= 0.6 is 0 Å². The molecular formula is C15H16FN3O3S. The van der Waals surface area contributed by atoms with Crippen molar-refractivity contribution in [1.29, 1.82) is 0 Å². The first-order valence-electron chi connectivity index (χ1n) is 6.66. The van der Waals surface area contributed by atoms with Crippen molar-refractivity contribution in [1.82, 2.24) is 4.90 Å². The Labute approximate surface area is 133 Å². The summed E-state index contributed by atoms with van der Waals surface area (Å²) in [6, 6.07) is 11.2. The fourth-order valence-corrected chi connectivity index (χ4v) is 2.42. The van der Waals surface area contributed by atoms with E-state index in [0.29, 0.717) is 11.3 Å². The lowest BCUT2D eigenvalue weighted by Gasteiger charge is -2.18. The molecule has 0 spiro atoms. The number of nitrogens with one attached hydrogen (secondary N) is 1. The van der Waals surface area contributed by atoms with Gasteiger partial charge in [0.2, 0.25) is 10.0 Å². The van der Waals surface area contributed by atoms with Crippen molar-refractivity contribution in [3.63, 3.8) is 0 Å². The number of amides is 2. The second-order valence-corrected chi connectivity index (χ2v) is 6.51. The second-order valence-electron chi connectivity index (χ2n) is 4.95. The molecule has 0 saturated heterocycles. The quantitative estimate of drug-likeness (QED) is 0.895. The standard InChI is InChI=1S/C15H16FN3O3S/c1-19(10-11-4-2-3-5-14(11)16)15(20)18-12-6-8-13(9-7-12)23(17,21)22/h2-9H,10H2,1H3,(H,18,20)(H2,17,21,22). The highest BCUT2D eigenvalue weighted by Crippen LogP contribution is 2.14. The van der Waals surface area contributed by atoms with Crippen LogP contribution in [0.25, 0.3) is 0 Å². The molecule has 0 atom stereocenters. The lowest BCUT2D eigenvalue weighted by Crippen LogP contribution is -2.31. The van der Waals surface area contributed by atoms with Crippen LogP contribution in [-0.4, -0.2) is 26.4 Å². The van der Waals surface area contributed by atoms with Gasteiger partial charge in [0.1, 0.15) is 5.82 Å². The first kappa shape index (κ1) is 16.9. The highest BCUT2D eigenvalue weighted by molar-refractivity contribution is 7.89. The van der Waals surface area contributed by atoms with Gasteiger partial charge in [0.25, 0.3) is 0 Å². The summed E-state index contributed by atoms with van der Waals surface area (Å²) in [5.41, 5.74) is 0.803. The van der Waals surface area contributed by atoms with Crippen molar-refractivity contribution in [2.45, 2.75) is 11.4 Å². The molecule has 0 radical (unpaired) electrons. The van der Waals surface area contributed by atoms with E-state index in [4.69, 9.17) is 5.14 Å². The molecule has 2 aromatic carbocycles. The van der Waals surface area contributed by atoms with Crippen molar-refractivity contribution in [2.24, 2.45) is 5.14 Å². The van der Waals surface area contributed by atoms with Crippen LogP contribution in [0.3, 0.4) is 0 Å². The van der Waals surface area contributed by atoms with E-state index in [1.165, 1.54) is 42.3 Å². The minimum absolute atomic E-state index is 0.0461. The third kappa shape index (κ3) is 4.51. The molecule has 0 aliphatic carbocycles. The van der Waals surface area contributed by atoms with Crippen LogP contribution in [-0.2, 0) is 16.6 Å². The zero-order valence-electron chi connectivity index (χ0n) is 12.4. The van der Waals surface area contributed by atoms with Crippen molar-refractivity contribution >= 4 is 21.7 Å². The van der Waals surface area contributed by atoms with E-state index in [2.05, 4.69) is 5.32 Å². The minimum Gasteiger partial charge on any atom is -0.323 e. The average Bonchev–Trinajstić information content (AvgIpc) is 2.49. The monoisotopic (exact) mass is 337 g/mol. The molecule has 0 heterocycles. The topological polar surface area (TPSA) is 92.5 Å². The fraction of sp³-hybridized carbons (Fsp3) is 0.133. The van der Waals surface area contributed by atoms with E-state index in [1.54, 1.807) is 18.2 Å². The number of nitrogens with zero attached hydrogens (tertiary/aromatic N) is 1. The summed E-state index contributed by atoms with van der Waals surface area (Å²) in [5, 5.41) is 7.59. The molecule has 0 saturated carbocycles. The van der Waals surface area contributed by atoms with E-state index in [0.717, 1.165) is 0 Å². The van der Waals surface area contributed by atoms with E-state index in [9.17, 15) is 17.6 Å². The van der Waals surface area contributed by atoms with Gasteiger partial charge >= 0.3 is 6.03 Å². The van der Waals surface area contributed by atoms with Crippen LogP contribution in [0.1, 0.15) is 5.56 Å². The Hall–Kier alpha value is -2.45. The Kier molecular flexibility index (Phi) is 4.97. The molecule has 0 unspecified atom stereocenters. The molecular weight excluding hydrogens is 321 g/mol. The number of primary sulfonamides is 1. The van der Waals surface area contributed by atoms with Gasteiger partial charge in [-0.05, 0) is 30.3 Å². The fourth-order valence-electron chi connectivity index (χ4n) is 1.90. The van der Waals surface area contributed by atoms with Gasteiger partial charge in [-0.3, -0.25) is 0 Å². The van der Waals surface area contributed by atoms with Gasteiger partial charge in [-0.25, -0.2) is 22.7 Å². The SMILES string of the molecule is CN(Cc1ccccc1F)C(=O)Nc1ccc(S(N)(=O)=O)cc1. The molecule has 6 nitrogen and oxygen atoms in total. The number of carbonyl (C=O) groups is 1. The van der Waals surface area contributed by atoms with E-state index in [-0.39, 0.29) is 17.3 Å². The molecule has 3 N–H and O–H groups in total. The van der Waals surface area contributed by atoms with Gasteiger partial charge in [0, 0.05) is 24.8 Å². The minimum atomic E-state index is -3.77. The van der Waals surface area contributed by atoms with E-state index in [1.807, 2.05) is 0 Å². The summed E-state index contributed by atoms with van der Waals surface area (Å²) in [4.78, 5) is 13.3. The molecule has 0 aliphatic rings. The molecule has 0 fully saturated rings. The van der Waals surface area contributed by atoms with Gasteiger partial charge < -0.3 is 10.2 Å². The molecule has 23 heavy (non-hydrogen) atoms. The van der Waals surface area contributed by atoms with Crippen LogP contribution in [0, 0.1) is 5.82 Å². The lowest BCUT2D eigenvalue weighted by atomic mass is 10.2. The van der Waals surface area contributed by atoms with Crippen LogP contribution in [0.5, 0.6) is 0 Å². The average molecular weight is 337 g/mol. The van der Waals surface area contributed by atoms with Gasteiger partial charge in [0.15, 0.2) is 0 Å². The number of benzene rings is 2. The smallest absolute Gasteiger partial charge is 0.321 e. The molecule has 2 aromatic rings. The normalized spacial score (nSPS) is 11.1. The maximum absolute atomic E-state index is 13.6. The largest absolute Gasteiger partial charge is 0.323 e. The number of rotatable bonds is 4. The highest BCUT2D eigenvalue weighted by Gasteiger charge is 2.12. The Morgan fingerprint density at radius 3 is 2.35 bits per heavy atom. The van der Waals surface area contributed by atoms with Crippen LogP contribution < -0.4 is 10.5 Å². The van der Waals surface area contributed by atoms with Gasteiger partial charge in [0.05, 0.1) is 4.90 Å². The first-order valence-corrected chi connectivity index (χ1v) is 8.20. The Bertz CT molecular complexity index is 807. The van der Waals surface area contributed by atoms with Gasteiger partial charge in [-0.15, -0.1) is 0 Å². The van der Waals surface area contributed by atoms with Crippen LogP contribution in [0.4, 0.5) is 14.9 Å². The number of nitrogens with two attached hydrogens (primary N) is 1. The summed E-state index contributed by atoms with van der Waals surface area (Å²) < 4.78 is 35.9. The van der Waals surface area contributed by atoms with E-state index >= 15 is 0 Å². The summed E-state index contributed by atoms with van der Waals surface area (Å²) in [5.74, 6) is -0.385. The van der Waals surface area contributed by atoms with Crippen molar-refractivity contribution < 1.29 is 17.6 Å². The number of carbonyl (C=O) groups excluding carboxylic acids is 1. The van der Waals surface area contributed by atoms with Crippen LogP contribution in [0.2, 0.25) is 0 Å². The predicted octanol–water partition coefficient (Wildman–Crippen LogP) is 2.14. The third-order valence-corrected chi connectivity index (χ3v) is 4.08. The molecule has 2 rings (SSSR count). The molecule has 2 amide bonds. The summed E-state index contributed by atoms with van der Waals surface area (Å²) in [6.07, 6.45) is 0. The Morgan fingerprint density at radius 1 is 1.17 bits per heavy atom. The maximum atomic E-state index is 13.6. The zero-order valence-corrected chi connectivity index (χ0v) is 13.2. The summed E-state index contributed by atoms with van der Waals surface area (Å²) in [6.45, 7) is 0.105. The molecule has 122 valence electrons. The molecule has 8 heteroatoms. The predicted molar refractivity (Wildman–Crippen MR) is 84.7 cm³/mol. The molecule has 0 aliphatic heterocycles. The number of anilines is 1. The van der Waals surface area contributed by atoms with Gasteiger partial charge in [-0.2, -0.15) is 0 Å². The highest BCUT2D eigenvalue weighted by atomic mass is 32.2. The van der Waals surface area contributed by atoms with Crippen molar-refractivity contribution in [2.75, 3.05) is 12.4 Å². The summed E-state index contributed by atoms with van der Waals surface area (Å²) in [7, 11) is -2.25. The lowest BCUT2D eigenvalue weighted by molar-refractivity contribution is 0.220. The molecule has 0 aromatic heterocycles. The first-order chi connectivity index (χ1) is 10.8. The zero-order chi connectivity index (χ0) is 17.0. The Balaban J connectivity index is 2.02. The second kappa shape index (κ2) is 6.76. The number of urea groups is 1. The number of sulfonamides is 1. The number of hydrogen-bond acceptors (Lipinski definition) is 3.